The molecule has 344 valence electrons. The number of nitrogens with zero attached hydrogens (tertiary/aromatic N) is 1. The molecule has 64 heavy (non-hydrogen) atoms. The van der Waals surface area contributed by atoms with Crippen LogP contribution in [0.4, 0.5) is 0 Å². The summed E-state index contributed by atoms with van der Waals surface area (Å²) in [4.78, 5) is 56.2. The van der Waals surface area contributed by atoms with E-state index in [2.05, 4.69) is 44.3 Å². The minimum Gasteiger partial charge on any atom is -0.460 e. The summed E-state index contributed by atoms with van der Waals surface area (Å²) in [7, 11) is 0. The summed E-state index contributed by atoms with van der Waals surface area (Å²) in [6.07, 6.45) is 10.3. The van der Waals surface area contributed by atoms with Crippen molar-refractivity contribution in [3.63, 3.8) is 0 Å². The molecule has 4 aliphatic carbocycles. The van der Waals surface area contributed by atoms with Crippen LogP contribution in [-0.4, -0.2) is 100 Å². The number of epoxide rings is 1. The molecule has 2 aromatic rings. The largest absolute Gasteiger partial charge is 0.460 e. The third-order valence-electron chi connectivity index (χ3n) is 15.1. The van der Waals surface area contributed by atoms with Crippen molar-refractivity contribution in [2.45, 2.75) is 172 Å². The number of hydrogen-bond donors (Lipinski definition) is 2. The Bertz CT molecular complexity index is 2180. The van der Waals surface area contributed by atoms with Gasteiger partial charge in [0.25, 0.3) is 0 Å². The van der Waals surface area contributed by atoms with Gasteiger partial charge in [-0.25, -0.2) is 4.79 Å². The Labute approximate surface area is 377 Å². The fourth-order valence-corrected chi connectivity index (χ4v) is 11.7. The van der Waals surface area contributed by atoms with Crippen LogP contribution in [0.25, 0.3) is 6.08 Å². The second-order valence-corrected chi connectivity index (χ2v) is 21.5. The highest BCUT2D eigenvalue weighted by molar-refractivity contribution is 5.98. The molecule has 9 rings (SSSR count). The summed E-state index contributed by atoms with van der Waals surface area (Å²) in [5.74, 6) is -1.42. The molecule has 0 aromatic heterocycles. The van der Waals surface area contributed by atoms with Gasteiger partial charge in [0, 0.05) is 37.8 Å². The maximum atomic E-state index is 14.5. The number of likely N-dealkylation sites (tertiary alicyclic amines) is 1. The van der Waals surface area contributed by atoms with E-state index in [9.17, 15) is 24.3 Å². The number of carbonyl (C=O) groups is 4. The maximum absolute atomic E-state index is 14.5. The Morgan fingerprint density at radius 3 is 2.39 bits per heavy atom. The molecule has 2 saturated carbocycles. The average Bonchev–Trinajstić information content (AvgIpc) is 3.62. The van der Waals surface area contributed by atoms with Gasteiger partial charge in [0.2, 0.25) is 11.8 Å². The smallest absolute Gasteiger partial charge is 0.338 e. The van der Waals surface area contributed by atoms with E-state index < -0.39 is 59.6 Å². The molecule has 0 radical (unpaired) electrons. The van der Waals surface area contributed by atoms with Crippen LogP contribution < -0.4 is 5.32 Å². The molecule has 3 heterocycles. The predicted octanol–water partition coefficient (Wildman–Crippen LogP) is 7.19. The molecule has 3 aliphatic heterocycles. The zero-order valence-corrected chi connectivity index (χ0v) is 38.4. The van der Waals surface area contributed by atoms with Crippen molar-refractivity contribution in [1.29, 1.82) is 0 Å². The number of esters is 2. The van der Waals surface area contributed by atoms with Gasteiger partial charge in [-0.2, -0.15) is 0 Å². The van der Waals surface area contributed by atoms with E-state index in [1.807, 2.05) is 36.4 Å². The lowest BCUT2D eigenvalue weighted by atomic mass is 9.52. The molecule has 9 atom stereocenters. The van der Waals surface area contributed by atoms with Crippen molar-refractivity contribution in [3.8, 4) is 0 Å². The van der Waals surface area contributed by atoms with Crippen LogP contribution in [0.15, 0.2) is 65.8 Å². The SMILES string of the molecule is CC(C)(C)OC(=O)CCC(CO)NC(=O)C1CCCN1C(=O)C1=CC2OC3(Cc4ccccc4C3)OC2C(OC(=O)c2ccc(C=C3CCC4OC4(C)CCC4C3CC4(C)C)cc2)C1. The van der Waals surface area contributed by atoms with Crippen LogP contribution >= 0.6 is 0 Å². The standard InChI is InChI=1S/C52H66N2O10/c1-49(2,3)63-44(56)20-18-37(30-55)53-46(57)40-12-9-23-54(40)47(58)36-25-41(45-42(26-36)61-52(64-45)27-34-10-7-8-11-35(34)28-52)60-48(59)32-15-13-31(14-16-32)24-33-17-19-43-51(6,62-43)22-21-39-38(33)29-50(39,4)5/h7-8,10-11,13-16,24,26,37-43,45,55H,9,12,17-23,25,27-30H2,1-6H3,(H,53,57). The van der Waals surface area contributed by atoms with Gasteiger partial charge >= 0.3 is 11.9 Å². The van der Waals surface area contributed by atoms with E-state index in [1.165, 1.54) is 18.4 Å². The van der Waals surface area contributed by atoms with E-state index in [-0.39, 0.29) is 37.4 Å². The zero-order chi connectivity index (χ0) is 45.2. The molecule has 3 saturated heterocycles. The normalized spacial score (nSPS) is 32.0. The van der Waals surface area contributed by atoms with Crippen molar-refractivity contribution in [2.75, 3.05) is 13.2 Å². The third kappa shape index (κ3) is 9.22. The zero-order valence-electron chi connectivity index (χ0n) is 38.4. The van der Waals surface area contributed by atoms with Crippen LogP contribution in [0, 0.1) is 17.3 Å². The molecule has 2 amide bonds. The van der Waals surface area contributed by atoms with Crippen molar-refractivity contribution in [2.24, 2.45) is 17.3 Å². The van der Waals surface area contributed by atoms with E-state index in [0.717, 1.165) is 36.0 Å². The van der Waals surface area contributed by atoms with Crippen molar-refractivity contribution < 1.29 is 48.0 Å². The molecule has 0 bridgehead atoms. The molecule has 2 N–H and O–H groups in total. The Kier molecular flexibility index (Phi) is 12.0. The van der Waals surface area contributed by atoms with E-state index in [0.29, 0.717) is 66.7 Å². The minimum absolute atomic E-state index is 0.0258. The summed E-state index contributed by atoms with van der Waals surface area (Å²) in [5.41, 5.74) is 5.29. The Morgan fingerprint density at radius 2 is 1.70 bits per heavy atom. The lowest BCUT2D eigenvalue weighted by molar-refractivity contribution is -0.172. The number of aliphatic hydroxyl groups is 1. The summed E-state index contributed by atoms with van der Waals surface area (Å²) in [6, 6.07) is 14.3. The first-order chi connectivity index (χ1) is 30.4. The summed E-state index contributed by atoms with van der Waals surface area (Å²) < 4.78 is 31.4. The minimum atomic E-state index is -0.961. The average molecular weight is 879 g/mol. The second kappa shape index (κ2) is 17.1. The molecular formula is C52H66N2O10. The van der Waals surface area contributed by atoms with Gasteiger partial charge in [0.1, 0.15) is 30.0 Å². The summed E-state index contributed by atoms with van der Waals surface area (Å²) in [5, 5.41) is 12.9. The monoisotopic (exact) mass is 878 g/mol. The predicted molar refractivity (Wildman–Crippen MR) is 239 cm³/mol. The van der Waals surface area contributed by atoms with Crippen LogP contribution in [-0.2, 0) is 50.9 Å². The third-order valence-corrected chi connectivity index (χ3v) is 15.1. The maximum Gasteiger partial charge on any atom is 0.338 e. The Balaban J connectivity index is 0.900. The molecule has 12 nitrogen and oxygen atoms in total. The van der Waals surface area contributed by atoms with Gasteiger partial charge in [-0.1, -0.05) is 61.9 Å². The number of carbonyl (C=O) groups excluding carboxylic acids is 4. The molecule has 12 heteroatoms. The van der Waals surface area contributed by atoms with Gasteiger partial charge in [-0.15, -0.1) is 0 Å². The topological polar surface area (TPSA) is 153 Å². The Hall–Kier alpha value is -4.36. The molecule has 9 unspecified atom stereocenters. The van der Waals surface area contributed by atoms with Gasteiger partial charge in [0.15, 0.2) is 5.79 Å². The first kappa shape index (κ1) is 44.8. The number of amides is 2. The molecular weight excluding hydrogens is 813 g/mol. The number of ether oxygens (including phenoxy) is 5. The number of nitrogens with one attached hydrogen (secondary N) is 1. The van der Waals surface area contributed by atoms with Gasteiger partial charge < -0.3 is 39.0 Å². The fourth-order valence-electron chi connectivity index (χ4n) is 11.7. The number of benzene rings is 2. The first-order valence-corrected chi connectivity index (χ1v) is 23.7. The number of rotatable bonds is 10. The lowest BCUT2D eigenvalue weighted by Gasteiger charge is -2.53. The highest BCUT2D eigenvalue weighted by Gasteiger charge is 2.57. The summed E-state index contributed by atoms with van der Waals surface area (Å²) in [6.45, 7) is 12.4. The highest BCUT2D eigenvalue weighted by atomic mass is 16.8. The second-order valence-electron chi connectivity index (χ2n) is 21.5. The van der Waals surface area contributed by atoms with Crippen molar-refractivity contribution >= 4 is 29.8 Å². The van der Waals surface area contributed by atoms with Crippen LogP contribution in [0.2, 0.25) is 0 Å². The molecule has 1 spiro atoms. The molecule has 7 aliphatic rings. The quantitative estimate of drug-likeness (QED) is 0.185. The van der Waals surface area contributed by atoms with Gasteiger partial charge in [0.05, 0.1) is 29.9 Å². The van der Waals surface area contributed by atoms with Crippen molar-refractivity contribution in [3.05, 3.63) is 88.0 Å². The fraction of sp³-hybridized carbons (Fsp3) is 0.615. The van der Waals surface area contributed by atoms with Crippen LogP contribution in [0.1, 0.15) is 133 Å². The highest BCUT2D eigenvalue weighted by Crippen LogP contribution is 2.60. The van der Waals surface area contributed by atoms with E-state index in [4.69, 9.17) is 23.7 Å². The lowest BCUT2D eigenvalue weighted by Crippen LogP contribution is -2.51. The van der Waals surface area contributed by atoms with E-state index in [1.54, 1.807) is 31.7 Å². The number of aliphatic hydroxyl groups excluding tert-OH is 1. The van der Waals surface area contributed by atoms with Crippen LogP contribution in [0.5, 0.6) is 0 Å². The van der Waals surface area contributed by atoms with Crippen LogP contribution in [0.3, 0.4) is 0 Å². The van der Waals surface area contributed by atoms with Gasteiger partial charge in [-0.05, 0) is 131 Å². The van der Waals surface area contributed by atoms with Crippen molar-refractivity contribution in [1.82, 2.24) is 10.2 Å². The number of hydrogen-bond acceptors (Lipinski definition) is 10. The van der Waals surface area contributed by atoms with E-state index >= 15 is 0 Å². The molecule has 5 fully saturated rings. The first-order valence-electron chi connectivity index (χ1n) is 23.7. The Morgan fingerprint density at radius 1 is 0.969 bits per heavy atom. The number of allylic oxidation sites excluding steroid dienone is 1. The number of fused-ring (bicyclic) bond motifs is 4. The van der Waals surface area contributed by atoms with Gasteiger partial charge in [-0.3, -0.25) is 14.4 Å². The molecule has 2 aromatic carbocycles. The summed E-state index contributed by atoms with van der Waals surface area (Å²) >= 11 is 0.